The lowest BCUT2D eigenvalue weighted by Crippen LogP contribution is -2.24. The maximum absolute atomic E-state index is 13.5. The highest BCUT2D eigenvalue weighted by atomic mass is 35.5. The van der Waals surface area contributed by atoms with Crippen LogP contribution in [0.2, 0.25) is 0 Å². The first-order chi connectivity index (χ1) is 20.0. The van der Waals surface area contributed by atoms with Crippen LogP contribution < -0.4 is 4.74 Å². The Morgan fingerprint density at radius 3 is 2.63 bits per heavy atom. The number of halogens is 1. The first-order valence-corrected chi connectivity index (χ1v) is 14.7. The molecule has 0 unspecified atom stereocenters. The molecule has 3 aromatic carbocycles. The molecule has 8 heteroatoms. The van der Waals surface area contributed by atoms with Crippen LogP contribution in [0.25, 0.3) is 32.8 Å². The first-order valence-electron chi connectivity index (χ1n) is 14.2. The van der Waals surface area contributed by atoms with Crippen molar-refractivity contribution in [3.63, 3.8) is 0 Å². The largest absolute Gasteiger partial charge is 0.493 e. The van der Waals surface area contributed by atoms with Gasteiger partial charge in [-0.2, -0.15) is 5.10 Å². The molecule has 7 nitrogen and oxygen atoms in total. The standard InChI is InChI=1S/C33H35ClN4O3/c1-22-30-27-14-7-13-25-26(15-8-19-40-29-16-6-11-23-10-4-5-12-24(23)29)32(33(39)41-21-34)38(31(25)27)18-9-17-36(2)20-28(30)37(3)35-22/h4-7,10-14,16H,8-9,15,17-21H2,1-3H3. The third kappa shape index (κ3) is 5.09. The fraction of sp³-hybridized carbons (Fsp3) is 0.333. The Bertz CT molecular complexity index is 1730. The van der Waals surface area contributed by atoms with Crippen molar-refractivity contribution in [1.82, 2.24) is 19.2 Å². The second-order valence-corrected chi connectivity index (χ2v) is 11.0. The van der Waals surface area contributed by atoms with Crippen molar-refractivity contribution >= 4 is 39.2 Å². The summed E-state index contributed by atoms with van der Waals surface area (Å²) in [6.45, 7) is 4.99. The van der Waals surface area contributed by atoms with Crippen LogP contribution in [0.15, 0.2) is 60.7 Å². The number of rotatable bonds is 7. The fourth-order valence-electron chi connectivity index (χ4n) is 6.33. The summed E-state index contributed by atoms with van der Waals surface area (Å²) in [5, 5.41) is 8.11. The average Bonchev–Trinajstić information content (AvgIpc) is 3.43. The lowest BCUT2D eigenvalue weighted by atomic mass is 9.98. The van der Waals surface area contributed by atoms with E-state index < -0.39 is 0 Å². The summed E-state index contributed by atoms with van der Waals surface area (Å²) in [7, 11) is 4.14. The number of nitrogens with zero attached hydrogens (tertiary/aromatic N) is 4. The van der Waals surface area contributed by atoms with Crippen molar-refractivity contribution in [3.05, 3.63) is 83.3 Å². The van der Waals surface area contributed by atoms with Gasteiger partial charge >= 0.3 is 5.97 Å². The zero-order chi connectivity index (χ0) is 28.5. The Hall–Kier alpha value is -3.81. The molecule has 0 radical (unpaired) electrons. The quantitative estimate of drug-likeness (QED) is 0.124. The summed E-state index contributed by atoms with van der Waals surface area (Å²) in [5.74, 6) is 0.484. The molecule has 0 aliphatic carbocycles. The lowest BCUT2D eigenvalue weighted by molar-refractivity contribution is 0.0560. The average molecular weight is 571 g/mol. The molecule has 0 spiro atoms. The Morgan fingerprint density at radius 1 is 1.00 bits per heavy atom. The summed E-state index contributed by atoms with van der Waals surface area (Å²) >= 11 is 5.91. The van der Waals surface area contributed by atoms with Gasteiger partial charge in [0.1, 0.15) is 11.4 Å². The Kier molecular flexibility index (Phi) is 7.73. The summed E-state index contributed by atoms with van der Waals surface area (Å²) < 4.78 is 15.8. The number of alkyl halides is 1. The van der Waals surface area contributed by atoms with Crippen molar-refractivity contribution < 1.29 is 14.3 Å². The monoisotopic (exact) mass is 570 g/mol. The number of para-hydroxylation sites is 1. The Labute approximate surface area is 245 Å². The SMILES string of the molecule is Cc1nn(C)c2c1-c1cccc3c(CCCOc4cccc5ccccc45)c(C(=O)OCCl)n(c13)CCCN(C)C2. The number of benzene rings is 3. The van der Waals surface area contributed by atoms with Crippen LogP contribution in [0.5, 0.6) is 5.75 Å². The van der Waals surface area contributed by atoms with Crippen LogP contribution in [0.3, 0.4) is 0 Å². The van der Waals surface area contributed by atoms with Gasteiger partial charge < -0.3 is 18.9 Å². The van der Waals surface area contributed by atoms with Gasteiger partial charge in [0, 0.05) is 42.0 Å². The molecule has 0 bridgehead atoms. The molecule has 0 saturated heterocycles. The molecular weight excluding hydrogens is 536 g/mol. The molecule has 1 aliphatic heterocycles. The van der Waals surface area contributed by atoms with Gasteiger partial charge in [0.05, 0.1) is 23.5 Å². The molecule has 0 N–H and O–H groups in total. The van der Waals surface area contributed by atoms with Gasteiger partial charge in [0.25, 0.3) is 0 Å². The molecule has 0 saturated carbocycles. The maximum atomic E-state index is 13.5. The molecule has 0 amide bonds. The smallest absolute Gasteiger partial charge is 0.356 e. The number of carbonyl (C=O) groups excluding carboxylic acids is 1. The number of aryl methyl sites for hydroxylation is 4. The molecule has 3 heterocycles. The van der Waals surface area contributed by atoms with Crippen LogP contribution in [0, 0.1) is 6.92 Å². The number of aromatic nitrogens is 3. The second kappa shape index (κ2) is 11.6. The minimum Gasteiger partial charge on any atom is -0.493 e. The molecular formula is C33H35ClN4O3. The van der Waals surface area contributed by atoms with E-state index in [2.05, 4.69) is 59.8 Å². The molecule has 41 heavy (non-hydrogen) atoms. The predicted octanol–water partition coefficient (Wildman–Crippen LogP) is 6.70. The minimum absolute atomic E-state index is 0.189. The van der Waals surface area contributed by atoms with E-state index in [0.717, 1.165) is 75.7 Å². The van der Waals surface area contributed by atoms with Gasteiger partial charge in [-0.25, -0.2) is 4.79 Å². The number of fused-ring (bicyclic) bond motifs is 3. The Morgan fingerprint density at radius 2 is 1.78 bits per heavy atom. The maximum Gasteiger partial charge on any atom is 0.356 e. The topological polar surface area (TPSA) is 61.5 Å². The number of hydrogen-bond donors (Lipinski definition) is 0. The number of carbonyl (C=O) groups is 1. The first kappa shape index (κ1) is 27.4. The van der Waals surface area contributed by atoms with Gasteiger partial charge in [-0.1, -0.05) is 66.2 Å². The molecule has 212 valence electrons. The zero-order valence-corrected chi connectivity index (χ0v) is 24.6. The normalized spacial score (nSPS) is 13.9. The van der Waals surface area contributed by atoms with Crippen LogP contribution in [-0.2, 0) is 31.3 Å². The van der Waals surface area contributed by atoms with E-state index in [4.69, 9.17) is 26.2 Å². The Balaban J connectivity index is 1.42. The van der Waals surface area contributed by atoms with E-state index in [-0.39, 0.29) is 12.0 Å². The number of ether oxygens (including phenoxy) is 2. The number of esters is 1. The van der Waals surface area contributed by atoms with Crippen LogP contribution >= 0.6 is 11.6 Å². The summed E-state index contributed by atoms with van der Waals surface area (Å²) in [5.41, 5.74) is 7.00. The molecule has 0 atom stereocenters. The van der Waals surface area contributed by atoms with Gasteiger partial charge in [-0.15, -0.1) is 0 Å². The van der Waals surface area contributed by atoms with E-state index in [9.17, 15) is 4.79 Å². The highest BCUT2D eigenvalue weighted by Crippen LogP contribution is 2.39. The van der Waals surface area contributed by atoms with Crippen molar-refractivity contribution in [3.8, 4) is 16.9 Å². The lowest BCUT2D eigenvalue weighted by Gasteiger charge is -2.21. The molecule has 0 fully saturated rings. The van der Waals surface area contributed by atoms with Crippen molar-refractivity contribution in [2.75, 3.05) is 26.3 Å². The summed E-state index contributed by atoms with van der Waals surface area (Å²) in [6, 6.07) is 20.5. The highest BCUT2D eigenvalue weighted by Gasteiger charge is 2.28. The van der Waals surface area contributed by atoms with E-state index in [1.54, 1.807) is 0 Å². The third-order valence-electron chi connectivity index (χ3n) is 8.10. The van der Waals surface area contributed by atoms with Gasteiger partial charge in [0.15, 0.2) is 6.07 Å². The molecule has 1 aliphatic rings. The fourth-order valence-corrected chi connectivity index (χ4v) is 6.43. The minimum atomic E-state index is -0.388. The van der Waals surface area contributed by atoms with E-state index in [1.165, 1.54) is 5.69 Å². The van der Waals surface area contributed by atoms with Gasteiger partial charge in [-0.05, 0) is 56.8 Å². The molecule has 5 aromatic rings. The van der Waals surface area contributed by atoms with Crippen molar-refractivity contribution in [2.45, 2.75) is 39.3 Å². The predicted molar refractivity (Wildman–Crippen MR) is 164 cm³/mol. The second-order valence-electron chi connectivity index (χ2n) is 10.8. The van der Waals surface area contributed by atoms with E-state index in [1.807, 2.05) is 36.0 Å². The zero-order valence-electron chi connectivity index (χ0n) is 23.8. The van der Waals surface area contributed by atoms with E-state index in [0.29, 0.717) is 25.3 Å². The van der Waals surface area contributed by atoms with Crippen molar-refractivity contribution in [2.24, 2.45) is 7.05 Å². The van der Waals surface area contributed by atoms with Crippen LogP contribution in [-0.4, -0.2) is 51.5 Å². The van der Waals surface area contributed by atoms with Crippen LogP contribution in [0.4, 0.5) is 0 Å². The van der Waals surface area contributed by atoms with Gasteiger partial charge in [-0.3, -0.25) is 4.68 Å². The van der Waals surface area contributed by atoms with E-state index >= 15 is 0 Å². The number of hydrogen-bond acceptors (Lipinski definition) is 5. The van der Waals surface area contributed by atoms with Crippen LogP contribution in [0.1, 0.15) is 40.3 Å². The highest BCUT2D eigenvalue weighted by molar-refractivity contribution is 6.18. The summed E-state index contributed by atoms with van der Waals surface area (Å²) in [4.78, 5) is 15.8. The summed E-state index contributed by atoms with van der Waals surface area (Å²) in [6.07, 6.45) is 2.31. The van der Waals surface area contributed by atoms with Crippen molar-refractivity contribution in [1.29, 1.82) is 0 Å². The van der Waals surface area contributed by atoms with Gasteiger partial charge in [0.2, 0.25) is 0 Å². The molecule has 6 rings (SSSR count). The third-order valence-corrected chi connectivity index (χ3v) is 8.20. The molecule has 2 aromatic heterocycles.